The fourth-order valence-corrected chi connectivity index (χ4v) is 2.45. The maximum absolute atomic E-state index is 6.08. The van der Waals surface area contributed by atoms with Crippen molar-refractivity contribution in [1.82, 2.24) is 4.57 Å². The number of nitrogens with two attached hydrogens (primary N) is 1. The number of hydrogen-bond donors (Lipinski definition) is 1. The van der Waals surface area contributed by atoms with Crippen LogP contribution in [0.1, 0.15) is 5.69 Å². The van der Waals surface area contributed by atoms with Crippen molar-refractivity contribution in [3.63, 3.8) is 0 Å². The molecule has 2 N–H and O–H groups in total. The molecule has 0 amide bonds. The second-order valence-electron chi connectivity index (χ2n) is 4.73. The Hall–Kier alpha value is -2.13. The molecule has 0 atom stereocenters. The zero-order chi connectivity index (χ0) is 14.1. The van der Waals surface area contributed by atoms with E-state index < -0.39 is 0 Å². The van der Waals surface area contributed by atoms with Crippen LogP contribution in [0, 0.1) is 0 Å². The van der Waals surface area contributed by atoms with Gasteiger partial charge in [0.25, 0.3) is 0 Å². The Kier molecular flexibility index (Phi) is 3.28. The van der Waals surface area contributed by atoms with Crippen molar-refractivity contribution in [3.05, 3.63) is 59.2 Å². The quantitative estimate of drug-likeness (QED) is 0.740. The van der Waals surface area contributed by atoms with Crippen LogP contribution in [0.5, 0.6) is 5.75 Å². The average molecular weight is 287 g/mol. The van der Waals surface area contributed by atoms with Crippen molar-refractivity contribution in [2.75, 3.05) is 5.73 Å². The van der Waals surface area contributed by atoms with Gasteiger partial charge in [-0.05, 0) is 30.3 Å². The molecule has 0 aliphatic rings. The molecule has 0 fully saturated rings. The molecule has 0 bridgehead atoms. The first-order chi connectivity index (χ1) is 9.65. The molecule has 0 saturated heterocycles. The minimum Gasteiger partial charge on any atom is -0.486 e. The first kappa shape index (κ1) is 12.9. The highest BCUT2D eigenvalue weighted by molar-refractivity contribution is 6.32. The molecule has 0 aliphatic heterocycles. The molecular weight excluding hydrogens is 272 g/mol. The molecule has 3 aromatic rings. The van der Waals surface area contributed by atoms with Crippen LogP contribution in [0.25, 0.3) is 10.9 Å². The summed E-state index contributed by atoms with van der Waals surface area (Å²) in [5.41, 5.74) is 8.76. The van der Waals surface area contributed by atoms with Gasteiger partial charge in [-0.25, -0.2) is 0 Å². The second-order valence-corrected chi connectivity index (χ2v) is 5.14. The predicted octanol–water partition coefficient (Wildman–Crippen LogP) is 3.99. The van der Waals surface area contributed by atoms with Crippen LogP contribution in [0.2, 0.25) is 5.02 Å². The fourth-order valence-electron chi connectivity index (χ4n) is 2.26. The number of ether oxygens (including phenoxy) is 1. The van der Waals surface area contributed by atoms with E-state index in [1.165, 1.54) is 0 Å². The van der Waals surface area contributed by atoms with Crippen LogP contribution in [0.3, 0.4) is 0 Å². The monoisotopic (exact) mass is 286 g/mol. The molecule has 0 unspecified atom stereocenters. The molecule has 102 valence electrons. The largest absolute Gasteiger partial charge is 0.486 e. The summed E-state index contributed by atoms with van der Waals surface area (Å²) >= 11 is 6.08. The second kappa shape index (κ2) is 5.10. The lowest BCUT2D eigenvalue weighted by Gasteiger charge is -2.08. The maximum atomic E-state index is 6.08. The number of halogens is 1. The Morgan fingerprint density at radius 3 is 2.75 bits per heavy atom. The minimum absolute atomic E-state index is 0.467. The maximum Gasteiger partial charge on any atom is 0.138 e. The summed E-state index contributed by atoms with van der Waals surface area (Å²) in [7, 11) is 2.01. The molecular formula is C16H15ClN2O. The highest BCUT2D eigenvalue weighted by atomic mass is 35.5. The van der Waals surface area contributed by atoms with Crippen molar-refractivity contribution < 1.29 is 4.74 Å². The Labute approximate surface area is 122 Å². The van der Waals surface area contributed by atoms with E-state index in [0.717, 1.165) is 22.3 Å². The van der Waals surface area contributed by atoms with Gasteiger partial charge in [0.2, 0.25) is 0 Å². The standard InChI is InChI=1S/C16H15ClN2O/c1-19-13(8-11-6-7-12(18)9-15(11)19)10-20-16-5-3-2-4-14(16)17/h2-9H,10,18H2,1H3. The normalized spacial score (nSPS) is 10.9. The minimum atomic E-state index is 0.467. The fraction of sp³-hybridized carbons (Fsp3) is 0.125. The van der Waals surface area contributed by atoms with E-state index in [4.69, 9.17) is 22.1 Å². The number of rotatable bonds is 3. The Morgan fingerprint density at radius 2 is 1.95 bits per heavy atom. The number of anilines is 1. The summed E-state index contributed by atoms with van der Waals surface area (Å²) < 4.78 is 7.87. The van der Waals surface area contributed by atoms with E-state index in [0.29, 0.717) is 17.4 Å². The topological polar surface area (TPSA) is 40.2 Å². The molecule has 3 rings (SSSR count). The van der Waals surface area contributed by atoms with E-state index in [1.807, 2.05) is 49.5 Å². The van der Waals surface area contributed by atoms with Crippen LogP contribution in [-0.2, 0) is 13.7 Å². The summed E-state index contributed by atoms with van der Waals surface area (Å²) in [6.07, 6.45) is 0. The lowest BCUT2D eigenvalue weighted by molar-refractivity contribution is 0.298. The highest BCUT2D eigenvalue weighted by Gasteiger charge is 2.07. The van der Waals surface area contributed by atoms with E-state index in [-0.39, 0.29) is 0 Å². The van der Waals surface area contributed by atoms with E-state index in [1.54, 1.807) is 0 Å². The smallest absolute Gasteiger partial charge is 0.138 e. The average Bonchev–Trinajstić information content (AvgIpc) is 2.75. The molecule has 0 saturated carbocycles. The van der Waals surface area contributed by atoms with Crippen LogP contribution >= 0.6 is 11.6 Å². The number of nitrogen functional groups attached to an aromatic ring is 1. The highest BCUT2D eigenvalue weighted by Crippen LogP contribution is 2.26. The molecule has 2 aromatic carbocycles. The number of aryl methyl sites for hydroxylation is 1. The first-order valence-corrected chi connectivity index (χ1v) is 6.74. The molecule has 1 heterocycles. The predicted molar refractivity (Wildman–Crippen MR) is 83.1 cm³/mol. The van der Waals surface area contributed by atoms with Crippen molar-refractivity contribution in [1.29, 1.82) is 0 Å². The van der Waals surface area contributed by atoms with Crippen molar-refractivity contribution >= 4 is 28.2 Å². The summed E-state index contributed by atoms with van der Waals surface area (Å²) in [6, 6.07) is 15.5. The van der Waals surface area contributed by atoms with Gasteiger partial charge in [0.15, 0.2) is 0 Å². The molecule has 3 nitrogen and oxygen atoms in total. The molecule has 20 heavy (non-hydrogen) atoms. The Morgan fingerprint density at radius 1 is 1.15 bits per heavy atom. The molecule has 4 heteroatoms. The third kappa shape index (κ3) is 2.32. The van der Waals surface area contributed by atoms with E-state index in [2.05, 4.69) is 10.6 Å². The van der Waals surface area contributed by atoms with Crippen LogP contribution in [0.15, 0.2) is 48.5 Å². The number of hydrogen-bond acceptors (Lipinski definition) is 2. The molecule has 0 spiro atoms. The van der Waals surface area contributed by atoms with Crippen LogP contribution in [0.4, 0.5) is 5.69 Å². The first-order valence-electron chi connectivity index (χ1n) is 6.36. The number of benzene rings is 2. The Bertz CT molecular complexity index is 764. The van der Waals surface area contributed by atoms with Gasteiger partial charge in [-0.1, -0.05) is 29.8 Å². The number of fused-ring (bicyclic) bond motifs is 1. The summed E-state index contributed by atoms with van der Waals surface area (Å²) in [5, 5.41) is 1.77. The van der Waals surface area contributed by atoms with Gasteiger partial charge < -0.3 is 15.0 Å². The number of aromatic nitrogens is 1. The SMILES string of the molecule is Cn1c(COc2ccccc2Cl)cc2ccc(N)cc21. The molecule has 1 aromatic heterocycles. The summed E-state index contributed by atoms with van der Waals surface area (Å²) in [6.45, 7) is 0.467. The van der Waals surface area contributed by atoms with Gasteiger partial charge in [0, 0.05) is 18.1 Å². The van der Waals surface area contributed by atoms with Crippen LogP contribution in [-0.4, -0.2) is 4.57 Å². The van der Waals surface area contributed by atoms with Gasteiger partial charge >= 0.3 is 0 Å². The summed E-state index contributed by atoms with van der Waals surface area (Å²) in [5.74, 6) is 0.693. The third-order valence-electron chi connectivity index (χ3n) is 3.38. The third-order valence-corrected chi connectivity index (χ3v) is 3.69. The zero-order valence-corrected chi connectivity index (χ0v) is 11.9. The summed E-state index contributed by atoms with van der Waals surface area (Å²) in [4.78, 5) is 0. The van der Waals surface area contributed by atoms with Gasteiger partial charge in [-0.15, -0.1) is 0 Å². The van der Waals surface area contributed by atoms with Gasteiger partial charge in [0.1, 0.15) is 12.4 Å². The van der Waals surface area contributed by atoms with Gasteiger partial charge in [-0.3, -0.25) is 0 Å². The lowest BCUT2D eigenvalue weighted by atomic mass is 10.2. The van der Waals surface area contributed by atoms with E-state index >= 15 is 0 Å². The van der Waals surface area contributed by atoms with Crippen molar-refractivity contribution in [2.45, 2.75) is 6.61 Å². The van der Waals surface area contributed by atoms with Gasteiger partial charge in [-0.2, -0.15) is 0 Å². The molecule has 0 aliphatic carbocycles. The van der Waals surface area contributed by atoms with Crippen molar-refractivity contribution in [2.24, 2.45) is 7.05 Å². The Balaban J connectivity index is 1.88. The molecule has 0 radical (unpaired) electrons. The zero-order valence-electron chi connectivity index (χ0n) is 11.1. The number of nitrogens with zero attached hydrogens (tertiary/aromatic N) is 1. The van der Waals surface area contributed by atoms with Crippen LogP contribution < -0.4 is 10.5 Å². The number of para-hydroxylation sites is 1. The van der Waals surface area contributed by atoms with Gasteiger partial charge in [0.05, 0.1) is 16.2 Å². The lowest BCUT2D eigenvalue weighted by Crippen LogP contribution is -2.02. The van der Waals surface area contributed by atoms with E-state index in [9.17, 15) is 0 Å². The van der Waals surface area contributed by atoms with Crippen molar-refractivity contribution in [3.8, 4) is 5.75 Å².